The van der Waals surface area contributed by atoms with Crippen LogP contribution in [0.5, 0.6) is 0 Å². The van der Waals surface area contributed by atoms with Crippen molar-refractivity contribution < 1.29 is 4.79 Å². The van der Waals surface area contributed by atoms with Gasteiger partial charge in [0, 0.05) is 19.0 Å². The highest BCUT2D eigenvalue weighted by molar-refractivity contribution is 5.81. The fraction of sp³-hybridized carbons (Fsp3) is 0.438. The molecule has 1 saturated carbocycles. The molecule has 0 atom stereocenters. The van der Waals surface area contributed by atoms with Gasteiger partial charge in [-0.05, 0) is 32.3 Å². The summed E-state index contributed by atoms with van der Waals surface area (Å²) in [6, 6.07) is 10.3. The Kier molecular flexibility index (Phi) is 4.19. The molecule has 1 aliphatic rings. The van der Waals surface area contributed by atoms with Gasteiger partial charge in [-0.2, -0.15) is 0 Å². The Balaban J connectivity index is 1.98. The van der Waals surface area contributed by atoms with Crippen molar-refractivity contribution in [3.8, 4) is 0 Å². The number of hydrogen-bond donors (Lipinski definition) is 0. The second kappa shape index (κ2) is 5.85. The summed E-state index contributed by atoms with van der Waals surface area (Å²) in [4.78, 5) is 14.0. The van der Waals surface area contributed by atoms with Crippen LogP contribution in [-0.4, -0.2) is 23.9 Å². The minimum atomic E-state index is 0.314. The summed E-state index contributed by atoms with van der Waals surface area (Å²) in [6.45, 7) is 5.70. The molecule has 1 fully saturated rings. The quantitative estimate of drug-likeness (QED) is 0.776. The fourth-order valence-corrected chi connectivity index (χ4v) is 2.11. The smallest absolute Gasteiger partial charge is 0.225 e. The Labute approximate surface area is 109 Å². The molecule has 0 radical (unpaired) electrons. The van der Waals surface area contributed by atoms with E-state index in [2.05, 4.69) is 32.1 Å². The molecule has 0 heterocycles. The second-order valence-electron chi connectivity index (χ2n) is 5.03. The van der Waals surface area contributed by atoms with E-state index in [1.54, 1.807) is 0 Å². The van der Waals surface area contributed by atoms with Gasteiger partial charge in [-0.25, -0.2) is 0 Å². The molecule has 1 aromatic rings. The van der Waals surface area contributed by atoms with E-state index in [1.165, 1.54) is 11.1 Å². The average Bonchev–Trinajstić information content (AvgIpc) is 3.20. The number of nitrogens with zero attached hydrogens (tertiary/aromatic N) is 1. The summed E-state index contributed by atoms with van der Waals surface area (Å²) in [6.07, 6.45) is 4.32. The number of hydrogen-bond acceptors (Lipinski definition) is 1. The number of amides is 1. The molecular weight excluding hydrogens is 222 g/mol. The molecule has 1 amide bonds. The van der Waals surface area contributed by atoms with Crippen LogP contribution in [0.3, 0.4) is 0 Å². The van der Waals surface area contributed by atoms with Crippen LogP contribution in [0.15, 0.2) is 35.9 Å². The van der Waals surface area contributed by atoms with Gasteiger partial charge in [0.25, 0.3) is 0 Å². The summed E-state index contributed by atoms with van der Waals surface area (Å²) in [5, 5.41) is 0. The number of carbonyl (C=O) groups excluding carboxylic acids is 1. The van der Waals surface area contributed by atoms with E-state index in [4.69, 9.17) is 0 Å². The van der Waals surface area contributed by atoms with Gasteiger partial charge in [-0.15, -0.1) is 0 Å². The standard InChI is InChI=1S/C16H21NO/c1-3-17(16(18)15-9-10-15)12-13(2)11-14-7-5-4-6-8-14/h4-8,11,15H,3,9-10,12H2,1-2H3/b13-11+. The SMILES string of the molecule is CCN(C/C(C)=C/c1ccccc1)C(=O)C1CC1. The van der Waals surface area contributed by atoms with Gasteiger partial charge in [0.1, 0.15) is 0 Å². The number of benzene rings is 1. The van der Waals surface area contributed by atoms with Crippen molar-refractivity contribution in [3.05, 3.63) is 41.5 Å². The zero-order chi connectivity index (χ0) is 13.0. The normalized spacial score (nSPS) is 15.6. The molecule has 96 valence electrons. The summed E-state index contributed by atoms with van der Waals surface area (Å²) in [5.74, 6) is 0.646. The lowest BCUT2D eigenvalue weighted by Crippen LogP contribution is -2.33. The van der Waals surface area contributed by atoms with Crippen LogP contribution in [0.25, 0.3) is 6.08 Å². The molecule has 2 nitrogen and oxygen atoms in total. The maximum Gasteiger partial charge on any atom is 0.225 e. The van der Waals surface area contributed by atoms with Crippen molar-refractivity contribution in [1.82, 2.24) is 4.90 Å². The van der Waals surface area contributed by atoms with Crippen molar-refractivity contribution >= 4 is 12.0 Å². The summed E-state index contributed by atoms with van der Waals surface area (Å²) in [5.41, 5.74) is 2.43. The van der Waals surface area contributed by atoms with Gasteiger partial charge < -0.3 is 4.90 Å². The zero-order valence-corrected chi connectivity index (χ0v) is 11.2. The zero-order valence-electron chi connectivity index (χ0n) is 11.2. The molecule has 1 aliphatic carbocycles. The van der Waals surface area contributed by atoms with Crippen LogP contribution in [0.2, 0.25) is 0 Å². The highest BCUT2D eigenvalue weighted by Gasteiger charge is 2.32. The number of likely N-dealkylation sites (N-methyl/N-ethyl adjacent to an activating group) is 1. The first-order valence-corrected chi connectivity index (χ1v) is 6.71. The lowest BCUT2D eigenvalue weighted by molar-refractivity contribution is -0.131. The molecule has 0 saturated heterocycles. The minimum Gasteiger partial charge on any atom is -0.339 e. The van der Waals surface area contributed by atoms with Gasteiger partial charge in [0.05, 0.1) is 0 Å². The van der Waals surface area contributed by atoms with E-state index >= 15 is 0 Å². The van der Waals surface area contributed by atoms with Crippen molar-refractivity contribution in [3.63, 3.8) is 0 Å². The van der Waals surface area contributed by atoms with Gasteiger partial charge in [-0.1, -0.05) is 42.0 Å². The summed E-state index contributed by atoms with van der Waals surface area (Å²) < 4.78 is 0. The predicted molar refractivity (Wildman–Crippen MR) is 75.1 cm³/mol. The first kappa shape index (κ1) is 12.9. The first-order valence-electron chi connectivity index (χ1n) is 6.71. The molecule has 1 aromatic carbocycles. The van der Waals surface area contributed by atoms with Gasteiger partial charge in [0.2, 0.25) is 5.91 Å². The van der Waals surface area contributed by atoms with E-state index in [1.807, 2.05) is 23.1 Å². The molecule has 0 aliphatic heterocycles. The van der Waals surface area contributed by atoms with Crippen LogP contribution in [0, 0.1) is 5.92 Å². The summed E-state index contributed by atoms with van der Waals surface area (Å²) in [7, 11) is 0. The van der Waals surface area contributed by atoms with E-state index in [0.29, 0.717) is 11.8 Å². The maximum atomic E-state index is 12.0. The second-order valence-corrected chi connectivity index (χ2v) is 5.03. The van der Waals surface area contributed by atoms with E-state index in [-0.39, 0.29) is 0 Å². The van der Waals surface area contributed by atoms with Crippen molar-refractivity contribution in [2.45, 2.75) is 26.7 Å². The average molecular weight is 243 g/mol. The van der Waals surface area contributed by atoms with Crippen molar-refractivity contribution in [2.24, 2.45) is 5.92 Å². The van der Waals surface area contributed by atoms with Crippen LogP contribution in [0.4, 0.5) is 0 Å². The van der Waals surface area contributed by atoms with Gasteiger partial charge in [-0.3, -0.25) is 4.79 Å². The Morgan fingerprint density at radius 1 is 1.33 bits per heavy atom. The third-order valence-corrected chi connectivity index (χ3v) is 3.27. The molecule has 0 aromatic heterocycles. The minimum absolute atomic E-state index is 0.314. The van der Waals surface area contributed by atoms with E-state index in [9.17, 15) is 4.79 Å². The highest BCUT2D eigenvalue weighted by atomic mass is 16.2. The Hall–Kier alpha value is -1.57. The topological polar surface area (TPSA) is 20.3 Å². The van der Waals surface area contributed by atoms with E-state index in [0.717, 1.165) is 25.9 Å². The predicted octanol–water partition coefficient (Wildman–Crippen LogP) is 3.35. The van der Waals surface area contributed by atoms with Crippen LogP contribution < -0.4 is 0 Å². The molecular formula is C16H21NO. The number of rotatable bonds is 5. The Bertz CT molecular complexity index is 432. The van der Waals surface area contributed by atoms with Crippen LogP contribution in [0.1, 0.15) is 32.3 Å². The third-order valence-electron chi connectivity index (χ3n) is 3.27. The molecule has 18 heavy (non-hydrogen) atoms. The molecule has 0 N–H and O–H groups in total. The fourth-order valence-electron chi connectivity index (χ4n) is 2.11. The molecule has 0 bridgehead atoms. The van der Waals surface area contributed by atoms with Crippen LogP contribution in [-0.2, 0) is 4.79 Å². The molecule has 0 unspecified atom stereocenters. The molecule has 2 rings (SSSR count). The molecule has 0 spiro atoms. The lowest BCUT2D eigenvalue weighted by Gasteiger charge is -2.21. The third kappa shape index (κ3) is 3.46. The summed E-state index contributed by atoms with van der Waals surface area (Å²) >= 11 is 0. The van der Waals surface area contributed by atoms with Gasteiger partial charge in [0.15, 0.2) is 0 Å². The maximum absolute atomic E-state index is 12.0. The Morgan fingerprint density at radius 2 is 2.00 bits per heavy atom. The van der Waals surface area contributed by atoms with Crippen molar-refractivity contribution in [2.75, 3.05) is 13.1 Å². The first-order chi connectivity index (χ1) is 8.70. The lowest BCUT2D eigenvalue weighted by atomic mass is 10.1. The monoisotopic (exact) mass is 243 g/mol. The van der Waals surface area contributed by atoms with Gasteiger partial charge >= 0.3 is 0 Å². The van der Waals surface area contributed by atoms with Crippen molar-refractivity contribution in [1.29, 1.82) is 0 Å². The van der Waals surface area contributed by atoms with E-state index < -0.39 is 0 Å². The molecule has 2 heteroatoms. The number of carbonyl (C=O) groups is 1. The van der Waals surface area contributed by atoms with Crippen LogP contribution >= 0.6 is 0 Å². The Morgan fingerprint density at radius 3 is 2.56 bits per heavy atom. The highest BCUT2D eigenvalue weighted by Crippen LogP contribution is 2.31. The largest absolute Gasteiger partial charge is 0.339 e.